The lowest BCUT2D eigenvalue weighted by Crippen LogP contribution is -2.22. The average Bonchev–Trinajstić information content (AvgIpc) is 2.43. The lowest BCUT2D eigenvalue weighted by Gasteiger charge is -2.19. The summed E-state index contributed by atoms with van der Waals surface area (Å²) in [6.45, 7) is 0. The van der Waals surface area contributed by atoms with E-state index in [2.05, 4.69) is 0 Å². The van der Waals surface area contributed by atoms with Crippen molar-refractivity contribution in [2.75, 3.05) is 5.73 Å². The van der Waals surface area contributed by atoms with Gasteiger partial charge in [0.05, 0.1) is 10.5 Å². The smallest absolute Gasteiger partial charge is 0.294 e. The van der Waals surface area contributed by atoms with Crippen molar-refractivity contribution in [3.63, 3.8) is 0 Å². The van der Waals surface area contributed by atoms with Gasteiger partial charge in [-0.3, -0.25) is 14.1 Å². The Hall–Kier alpha value is -2.51. The summed E-state index contributed by atoms with van der Waals surface area (Å²) in [6, 6.07) is 7.78. The van der Waals surface area contributed by atoms with Crippen LogP contribution in [0.25, 0.3) is 0 Å². The second kappa shape index (κ2) is 4.24. The predicted molar refractivity (Wildman–Crippen MR) is 74.0 cm³/mol. The van der Waals surface area contributed by atoms with Crippen molar-refractivity contribution >= 4 is 27.4 Å². The molecule has 0 amide bonds. The first-order valence-corrected chi connectivity index (χ1v) is 7.34. The Morgan fingerprint density at radius 1 is 0.905 bits per heavy atom. The fourth-order valence-corrected chi connectivity index (χ4v) is 2.87. The zero-order valence-electron chi connectivity index (χ0n) is 10.5. The molecule has 0 bridgehead atoms. The van der Waals surface area contributed by atoms with Gasteiger partial charge in [0.25, 0.3) is 10.1 Å². The van der Waals surface area contributed by atoms with E-state index < -0.39 is 26.6 Å². The van der Waals surface area contributed by atoms with Crippen LogP contribution in [0.3, 0.4) is 0 Å². The van der Waals surface area contributed by atoms with Gasteiger partial charge in [-0.25, -0.2) is 0 Å². The fourth-order valence-electron chi connectivity index (χ4n) is 2.36. The summed E-state index contributed by atoms with van der Waals surface area (Å²) in [7, 11) is -4.45. The van der Waals surface area contributed by atoms with Gasteiger partial charge in [0.15, 0.2) is 11.6 Å². The highest BCUT2D eigenvalue weighted by Crippen LogP contribution is 2.31. The first-order chi connectivity index (χ1) is 9.80. The van der Waals surface area contributed by atoms with Crippen molar-refractivity contribution in [3.8, 4) is 0 Å². The Kier molecular flexibility index (Phi) is 2.72. The van der Waals surface area contributed by atoms with Gasteiger partial charge in [-0.2, -0.15) is 8.42 Å². The van der Waals surface area contributed by atoms with Crippen molar-refractivity contribution in [3.05, 3.63) is 58.7 Å². The topological polar surface area (TPSA) is 115 Å². The van der Waals surface area contributed by atoms with Gasteiger partial charge in [-0.15, -0.1) is 0 Å². The summed E-state index contributed by atoms with van der Waals surface area (Å²) < 4.78 is 31.3. The van der Waals surface area contributed by atoms with Crippen LogP contribution < -0.4 is 5.73 Å². The average molecular weight is 303 g/mol. The first kappa shape index (κ1) is 13.5. The summed E-state index contributed by atoms with van der Waals surface area (Å²) in [5.74, 6) is -0.947. The highest BCUT2D eigenvalue weighted by molar-refractivity contribution is 7.85. The maximum atomic E-state index is 12.4. The largest absolute Gasteiger partial charge is 0.398 e. The maximum absolute atomic E-state index is 12.4. The fraction of sp³-hybridized carbons (Fsp3) is 0. The van der Waals surface area contributed by atoms with Crippen molar-refractivity contribution in [2.24, 2.45) is 0 Å². The predicted octanol–water partition coefficient (Wildman–Crippen LogP) is 1.29. The Labute approximate surface area is 120 Å². The third-order valence-electron chi connectivity index (χ3n) is 3.35. The normalized spacial score (nSPS) is 13.8. The van der Waals surface area contributed by atoms with E-state index >= 15 is 0 Å². The van der Waals surface area contributed by atoms with Crippen LogP contribution in [0, 0.1) is 0 Å². The number of hydrogen-bond acceptors (Lipinski definition) is 5. The van der Waals surface area contributed by atoms with Gasteiger partial charge in [-0.05, 0) is 24.3 Å². The molecular weight excluding hydrogens is 294 g/mol. The number of rotatable bonds is 1. The number of ketones is 2. The van der Waals surface area contributed by atoms with Crippen LogP contribution in [0.15, 0.2) is 41.3 Å². The molecule has 0 heterocycles. The van der Waals surface area contributed by atoms with Crippen molar-refractivity contribution in [1.29, 1.82) is 0 Å². The summed E-state index contributed by atoms with van der Waals surface area (Å²) in [4.78, 5) is 24.4. The molecule has 0 aromatic heterocycles. The molecule has 2 aromatic rings. The molecule has 1 aliphatic carbocycles. The summed E-state index contributed by atoms with van der Waals surface area (Å²) >= 11 is 0. The lowest BCUT2D eigenvalue weighted by molar-refractivity contribution is 0.0979. The Bertz CT molecular complexity index is 915. The molecule has 0 spiro atoms. The number of carbonyl (C=O) groups excluding carboxylic acids is 2. The zero-order valence-corrected chi connectivity index (χ0v) is 11.3. The second-order valence-corrected chi connectivity index (χ2v) is 6.03. The molecule has 21 heavy (non-hydrogen) atoms. The van der Waals surface area contributed by atoms with Crippen molar-refractivity contribution in [1.82, 2.24) is 0 Å². The number of anilines is 1. The van der Waals surface area contributed by atoms with E-state index in [0.29, 0.717) is 0 Å². The van der Waals surface area contributed by atoms with Gasteiger partial charge in [-0.1, -0.05) is 12.1 Å². The van der Waals surface area contributed by atoms with E-state index in [1.807, 2.05) is 0 Å². The van der Waals surface area contributed by atoms with Crippen LogP contribution in [0.2, 0.25) is 0 Å². The molecule has 7 heteroatoms. The number of hydrogen-bond donors (Lipinski definition) is 2. The Morgan fingerprint density at radius 2 is 1.62 bits per heavy atom. The minimum absolute atomic E-state index is 0.0618. The number of nitrogen functional groups attached to an aromatic ring is 1. The Morgan fingerprint density at radius 3 is 2.29 bits per heavy atom. The first-order valence-electron chi connectivity index (χ1n) is 5.90. The molecule has 3 N–H and O–H groups in total. The SMILES string of the molecule is Nc1cccc2c1C(=O)c1ccc(S(=O)(=O)O)cc1C2=O. The van der Waals surface area contributed by atoms with E-state index in [4.69, 9.17) is 10.3 Å². The lowest BCUT2D eigenvalue weighted by atomic mass is 9.83. The van der Waals surface area contributed by atoms with Crippen molar-refractivity contribution in [2.45, 2.75) is 4.90 Å². The number of carbonyl (C=O) groups is 2. The van der Waals surface area contributed by atoms with Gasteiger partial charge in [0.1, 0.15) is 0 Å². The summed E-state index contributed by atoms with van der Waals surface area (Å²) in [6.07, 6.45) is 0. The van der Waals surface area contributed by atoms with E-state index in [9.17, 15) is 18.0 Å². The van der Waals surface area contributed by atoms with Crippen LogP contribution in [0.4, 0.5) is 5.69 Å². The quantitative estimate of drug-likeness (QED) is 0.517. The molecule has 0 atom stereocenters. The van der Waals surface area contributed by atoms with E-state index in [1.165, 1.54) is 24.3 Å². The number of nitrogens with two attached hydrogens (primary N) is 1. The molecular formula is C14H9NO5S. The number of benzene rings is 2. The highest BCUT2D eigenvalue weighted by Gasteiger charge is 2.32. The minimum atomic E-state index is -4.45. The third-order valence-corrected chi connectivity index (χ3v) is 4.20. The Balaban J connectivity index is 2.31. The molecule has 0 saturated carbocycles. The monoisotopic (exact) mass is 303 g/mol. The maximum Gasteiger partial charge on any atom is 0.294 e. The van der Waals surface area contributed by atoms with Gasteiger partial charge < -0.3 is 5.73 Å². The molecule has 0 aliphatic heterocycles. The van der Waals surface area contributed by atoms with Crippen LogP contribution in [-0.2, 0) is 10.1 Å². The molecule has 2 aromatic carbocycles. The van der Waals surface area contributed by atoms with Gasteiger partial charge >= 0.3 is 0 Å². The summed E-state index contributed by atoms with van der Waals surface area (Å²) in [5.41, 5.74) is 6.18. The molecule has 0 unspecified atom stereocenters. The molecule has 0 radical (unpaired) electrons. The minimum Gasteiger partial charge on any atom is -0.398 e. The third kappa shape index (κ3) is 1.94. The second-order valence-electron chi connectivity index (χ2n) is 4.61. The van der Waals surface area contributed by atoms with Crippen molar-refractivity contribution < 1.29 is 22.6 Å². The van der Waals surface area contributed by atoms with Gasteiger partial charge in [0, 0.05) is 22.4 Å². The number of fused-ring (bicyclic) bond motifs is 2. The van der Waals surface area contributed by atoms with Crippen LogP contribution in [0.1, 0.15) is 31.8 Å². The van der Waals surface area contributed by atoms with E-state index in [1.54, 1.807) is 0 Å². The standard InChI is InChI=1S/C14H9NO5S/c15-11-3-1-2-9-12(11)14(17)8-5-4-7(21(18,19)20)6-10(8)13(9)16/h1-6H,15H2,(H,18,19,20). The summed E-state index contributed by atoms with van der Waals surface area (Å²) in [5, 5.41) is 0. The van der Waals surface area contributed by atoms with E-state index in [-0.39, 0.29) is 27.9 Å². The van der Waals surface area contributed by atoms with Crippen LogP contribution in [0.5, 0.6) is 0 Å². The molecule has 3 rings (SSSR count). The molecule has 106 valence electrons. The zero-order chi connectivity index (χ0) is 15.4. The molecule has 6 nitrogen and oxygen atoms in total. The molecule has 0 fully saturated rings. The molecule has 0 saturated heterocycles. The molecule has 1 aliphatic rings. The highest BCUT2D eigenvalue weighted by atomic mass is 32.2. The van der Waals surface area contributed by atoms with Crippen LogP contribution >= 0.6 is 0 Å². The van der Waals surface area contributed by atoms with E-state index in [0.717, 1.165) is 12.1 Å². The van der Waals surface area contributed by atoms with Gasteiger partial charge in [0.2, 0.25) is 0 Å². The van der Waals surface area contributed by atoms with Crippen LogP contribution in [-0.4, -0.2) is 24.5 Å².